The summed E-state index contributed by atoms with van der Waals surface area (Å²) in [4.78, 5) is 20.0. The van der Waals surface area contributed by atoms with Gasteiger partial charge in [0.05, 0.1) is 5.92 Å². The summed E-state index contributed by atoms with van der Waals surface area (Å²) in [6, 6.07) is 11.6. The Morgan fingerprint density at radius 2 is 2.09 bits per heavy atom. The van der Waals surface area contributed by atoms with Crippen LogP contribution in [0.25, 0.3) is 0 Å². The van der Waals surface area contributed by atoms with Crippen LogP contribution < -0.4 is 15.8 Å². The number of aromatic nitrogens is 2. The van der Waals surface area contributed by atoms with Gasteiger partial charge >= 0.3 is 0 Å². The number of rotatable bonds is 6. The summed E-state index contributed by atoms with van der Waals surface area (Å²) in [5.74, 6) is 0.540. The molecule has 1 aromatic heterocycles. The molecule has 3 N–H and O–H groups in total. The summed E-state index contributed by atoms with van der Waals surface area (Å²) in [6.45, 7) is 0.449. The highest BCUT2D eigenvalue weighted by Crippen LogP contribution is 2.27. The summed E-state index contributed by atoms with van der Waals surface area (Å²) >= 11 is 0. The van der Waals surface area contributed by atoms with E-state index >= 15 is 0 Å². The molecule has 0 spiro atoms. The number of nitrogens with zero attached hydrogens (tertiary/aromatic N) is 2. The molecule has 1 amide bonds. The number of primary amides is 1. The van der Waals surface area contributed by atoms with Crippen molar-refractivity contribution in [2.45, 2.75) is 31.9 Å². The number of hydrogen-bond acceptors (Lipinski definition) is 5. The Labute approximate surface area is 135 Å². The number of hydrogen-bond donors (Lipinski definition) is 2. The lowest BCUT2D eigenvalue weighted by atomic mass is 10.0. The first kappa shape index (κ1) is 15.3. The zero-order valence-corrected chi connectivity index (χ0v) is 12.8. The molecule has 1 aliphatic rings. The fourth-order valence-corrected chi connectivity index (χ4v) is 2.86. The van der Waals surface area contributed by atoms with E-state index in [2.05, 4.69) is 15.3 Å². The van der Waals surface area contributed by atoms with Gasteiger partial charge < -0.3 is 15.8 Å². The molecular formula is C17H20N4O2. The van der Waals surface area contributed by atoms with Gasteiger partial charge in [0.15, 0.2) is 0 Å². The van der Waals surface area contributed by atoms with Gasteiger partial charge in [0, 0.05) is 18.3 Å². The van der Waals surface area contributed by atoms with Gasteiger partial charge in [-0.15, -0.1) is 0 Å². The van der Waals surface area contributed by atoms with Crippen molar-refractivity contribution in [3.05, 3.63) is 48.2 Å². The molecule has 6 heteroatoms. The Balaban J connectivity index is 1.62. The predicted molar refractivity (Wildman–Crippen MR) is 86.8 cm³/mol. The molecule has 6 nitrogen and oxygen atoms in total. The van der Waals surface area contributed by atoms with Crippen molar-refractivity contribution in [1.82, 2.24) is 9.97 Å². The lowest BCUT2D eigenvalue weighted by molar-refractivity contribution is -0.121. The third-order valence-corrected chi connectivity index (χ3v) is 4.06. The molecule has 120 valence electrons. The Morgan fingerprint density at radius 1 is 1.26 bits per heavy atom. The smallest absolute Gasteiger partial charge is 0.226 e. The minimum Gasteiger partial charge on any atom is -0.473 e. The van der Waals surface area contributed by atoms with Gasteiger partial charge in [0.2, 0.25) is 17.7 Å². The van der Waals surface area contributed by atoms with Crippen LogP contribution >= 0.6 is 0 Å². The fraction of sp³-hybridized carbons (Fsp3) is 0.353. The molecule has 0 aliphatic heterocycles. The molecule has 1 aromatic carbocycles. The highest BCUT2D eigenvalue weighted by atomic mass is 16.5. The van der Waals surface area contributed by atoms with Gasteiger partial charge in [0.25, 0.3) is 0 Å². The average Bonchev–Trinajstić information content (AvgIpc) is 3.03. The Hall–Kier alpha value is -2.63. The first-order valence-electron chi connectivity index (χ1n) is 7.78. The molecule has 3 rings (SSSR count). The van der Waals surface area contributed by atoms with Crippen LogP contribution in [0.15, 0.2) is 42.6 Å². The lowest BCUT2D eigenvalue weighted by Crippen LogP contribution is -2.34. The number of carbonyl (C=O) groups is 1. The number of carbonyl (C=O) groups excluding carboxylic acids is 1. The van der Waals surface area contributed by atoms with Crippen LogP contribution in [0.4, 0.5) is 5.95 Å². The van der Waals surface area contributed by atoms with Crippen molar-refractivity contribution in [3.63, 3.8) is 0 Å². The molecule has 23 heavy (non-hydrogen) atoms. The highest BCUT2D eigenvalue weighted by molar-refractivity contribution is 5.78. The van der Waals surface area contributed by atoms with Crippen molar-refractivity contribution >= 4 is 11.9 Å². The Bertz CT molecular complexity index is 663. The normalized spacial score (nSPS) is 20.2. The van der Waals surface area contributed by atoms with Gasteiger partial charge in [0.1, 0.15) is 6.61 Å². The minimum atomic E-state index is -0.267. The van der Waals surface area contributed by atoms with Crippen LogP contribution in [0.2, 0.25) is 0 Å². The van der Waals surface area contributed by atoms with Crippen LogP contribution in [0.5, 0.6) is 5.88 Å². The third kappa shape index (κ3) is 3.97. The predicted octanol–water partition coefficient (Wildman–Crippen LogP) is 2.12. The number of benzene rings is 1. The van der Waals surface area contributed by atoms with E-state index in [1.807, 2.05) is 30.3 Å². The van der Waals surface area contributed by atoms with E-state index in [-0.39, 0.29) is 17.9 Å². The van der Waals surface area contributed by atoms with Crippen molar-refractivity contribution in [3.8, 4) is 5.88 Å². The number of ether oxygens (including phenoxy) is 1. The second kappa shape index (κ2) is 7.09. The molecule has 0 saturated heterocycles. The molecule has 1 saturated carbocycles. The quantitative estimate of drug-likeness (QED) is 0.852. The van der Waals surface area contributed by atoms with Gasteiger partial charge in [-0.3, -0.25) is 4.79 Å². The summed E-state index contributed by atoms with van der Waals surface area (Å²) in [7, 11) is 0. The van der Waals surface area contributed by atoms with E-state index in [0.29, 0.717) is 18.4 Å². The second-order valence-corrected chi connectivity index (χ2v) is 5.68. The zero-order valence-electron chi connectivity index (χ0n) is 12.8. The average molecular weight is 312 g/mol. The largest absolute Gasteiger partial charge is 0.473 e. The molecule has 0 bridgehead atoms. The maximum atomic E-state index is 11.4. The maximum Gasteiger partial charge on any atom is 0.226 e. The van der Waals surface area contributed by atoms with Gasteiger partial charge in [-0.2, -0.15) is 4.98 Å². The first-order valence-corrected chi connectivity index (χ1v) is 7.78. The highest BCUT2D eigenvalue weighted by Gasteiger charge is 2.31. The molecule has 2 aromatic rings. The van der Waals surface area contributed by atoms with E-state index < -0.39 is 0 Å². The molecule has 1 aliphatic carbocycles. The van der Waals surface area contributed by atoms with Crippen LogP contribution in [-0.2, 0) is 11.4 Å². The van der Waals surface area contributed by atoms with Crippen LogP contribution in [0.3, 0.4) is 0 Å². The topological polar surface area (TPSA) is 90.1 Å². The maximum absolute atomic E-state index is 11.4. The third-order valence-electron chi connectivity index (χ3n) is 4.06. The van der Waals surface area contributed by atoms with Gasteiger partial charge in [-0.25, -0.2) is 4.98 Å². The van der Waals surface area contributed by atoms with E-state index in [1.165, 1.54) is 0 Å². The van der Waals surface area contributed by atoms with Gasteiger partial charge in [-0.1, -0.05) is 36.8 Å². The zero-order chi connectivity index (χ0) is 16.1. The van der Waals surface area contributed by atoms with Crippen LogP contribution in [0, 0.1) is 5.92 Å². The number of nitrogens with two attached hydrogens (primary N) is 1. The molecular weight excluding hydrogens is 292 g/mol. The number of nitrogens with one attached hydrogen (secondary N) is 1. The Morgan fingerprint density at radius 3 is 2.87 bits per heavy atom. The van der Waals surface area contributed by atoms with Crippen molar-refractivity contribution in [1.29, 1.82) is 0 Å². The number of anilines is 1. The van der Waals surface area contributed by atoms with Crippen molar-refractivity contribution < 1.29 is 9.53 Å². The standard InChI is InChI=1S/C17H20N4O2/c18-16(22)13-7-4-8-14(13)20-17-19-10-9-15(21-17)23-11-12-5-2-1-3-6-12/h1-3,5-6,9-10,13-14H,4,7-8,11H2,(H2,18,22)(H,19,20,21)/t13-,14+/m0/s1. The van der Waals surface area contributed by atoms with Crippen LogP contribution in [0.1, 0.15) is 24.8 Å². The number of amides is 1. The summed E-state index contributed by atoms with van der Waals surface area (Å²) in [5.41, 5.74) is 6.51. The molecule has 1 fully saturated rings. The molecule has 0 unspecified atom stereocenters. The molecule has 2 atom stereocenters. The van der Waals surface area contributed by atoms with E-state index in [0.717, 1.165) is 24.8 Å². The monoisotopic (exact) mass is 312 g/mol. The first-order chi connectivity index (χ1) is 11.2. The van der Waals surface area contributed by atoms with E-state index in [1.54, 1.807) is 12.3 Å². The molecule has 1 heterocycles. The lowest BCUT2D eigenvalue weighted by Gasteiger charge is -2.18. The summed E-state index contributed by atoms with van der Waals surface area (Å²) in [6.07, 6.45) is 4.34. The second-order valence-electron chi connectivity index (χ2n) is 5.68. The fourth-order valence-electron chi connectivity index (χ4n) is 2.86. The van der Waals surface area contributed by atoms with Crippen molar-refractivity contribution in [2.24, 2.45) is 11.7 Å². The summed E-state index contributed by atoms with van der Waals surface area (Å²) < 4.78 is 5.69. The summed E-state index contributed by atoms with van der Waals surface area (Å²) in [5, 5.41) is 3.21. The van der Waals surface area contributed by atoms with Crippen LogP contribution in [-0.4, -0.2) is 21.9 Å². The van der Waals surface area contributed by atoms with Crippen molar-refractivity contribution in [2.75, 3.05) is 5.32 Å². The minimum absolute atomic E-state index is 0.00290. The van der Waals surface area contributed by atoms with E-state index in [9.17, 15) is 4.79 Å². The molecule has 0 radical (unpaired) electrons. The Kier molecular flexibility index (Phi) is 4.71. The van der Waals surface area contributed by atoms with E-state index in [4.69, 9.17) is 10.5 Å². The SMILES string of the molecule is NC(=O)[C@H]1CCC[C@H]1Nc1nccc(OCc2ccccc2)n1. The van der Waals surface area contributed by atoms with Gasteiger partial charge in [-0.05, 0) is 18.4 Å².